The molecule has 0 aliphatic heterocycles. The van der Waals surface area contributed by atoms with E-state index in [9.17, 15) is 4.79 Å². The van der Waals surface area contributed by atoms with Crippen molar-refractivity contribution in [3.63, 3.8) is 0 Å². The third-order valence-electron chi connectivity index (χ3n) is 3.33. The van der Waals surface area contributed by atoms with E-state index in [2.05, 4.69) is 10.3 Å². The van der Waals surface area contributed by atoms with Gasteiger partial charge in [-0.2, -0.15) is 0 Å². The molecule has 0 aliphatic rings. The highest BCUT2D eigenvalue weighted by atomic mass is 35.5. The predicted molar refractivity (Wildman–Crippen MR) is 99.7 cm³/mol. The highest BCUT2D eigenvalue weighted by molar-refractivity contribution is 7.14. The molecule has 3 aromatic rings. The van der Waals surface area contributed by atoms with Crippen molar-refractivity contribution >= 4 is 34.0 Å². The lowest BCUT2D eigenvalue weighted by atomic mass is 10.2. The summed E-state index contributed by atoms with van der Waals surface area (Å²) in [5.74, 6) is 0.956. The van der Waals surface area contributed by atoms with Crippen molar-refractivity contribution in [2.24, 2.45) is 0 Å². The van der Waals surface area contributed by atoms with Crippen molar-refractivity contribution in [3.05, 3.63) is 58.9 Å². The maximum Gasteiger partial charge on any atom is 0.264 e. The number of carbonyl (C=O) groups excluding carboxylic acids is 1. The number of ether oxygens (including phenoxy) is 2. The van der Waals surface area contributed by atoms with Gasteiger partial charge in [0.1, 0.15) is 11.5 Å². The molecule has 7 heteroatoms. The molecule has 0 aliphatic carbocycles. The normalized spacial score (nSPS) is 10.3. The molecule has 0 radical (unpaired) electrons. The fourth-order valence-corrected chi connectivity index (χ4v) is 3.01. The molecule has 0 bridgehead atoms. The number of methoxy groups -OCH3 is 1. The average molecular weight is 375 g/mol. The van der Waals surface area contributed by atoms with E-state index in [0.29, 0.717) is 15.9 Å². The van der Waals surface area contributed by atoms with Gasteiger partial charge >= 0.3 is 0 Å². The van der Waals surface area contributed by atoms with Crippen LogP contribution in [0.15, 0.2) is 53.9 Å². The summed E-state index contributed by atoms with van der Waals surface area (Å²) < 4.78 is 10.5. The summed E-state index contributed by atoms with van der Waals surface area (Å²) in [6.45, 7) is -0.138. The van der Waals surface area contributed by atoms with Gasteiger partial charge in [-0.3, -0.25) is 10.1 Å². The first-order valence-corrected chi connectivity index (χ1v) is 8.68. The number of hydrogen-bond acceptors (Lipinski definition) is 5. The lowest BCUT2D eigenvalue weighted by Gasteiger charge is -2.07. The smallest absolute Gasteiger partial charge is 0.264 e. The van der Waals surface area contributed by atoms with Gasteiger partial charge in [-0.05, 0) is 36.4 Å². The third kappa shape index (κ3) is 4.49. The molecule has 25 heavy (non-hydrogen) atoms. The van der Waals surface area contributed by atoms with Crippen molar-refractivity contribution in [1.82, 2.24) is 4.98 Å². The van der Waals surface area contributed by atoms with Crippen LogP contribution in [0.4, 0.5) is 5.13 Å². The number of nitrogens with one attached hydrogen (secondary N) is 1. The van der Waals surface area contributed by atoms with Gasteiger partial charge in [-0.25, -0.2) is 4.98 Å². The van der Waals surface area contributed by atoms with Crippen molar-refractivity contribution in [3.8, 4) is 22.8 Å². The Labute approximate surface area is 154 Å². The van der Waals surface area contributed by atoms with E-state index in [0.717, 1.165) is 17.0 Å². The topological polar surface area (TPSA) is 60.5 Å². The second-order valence-electron chi connectivity index (χ2n) is 5.03. The zero-order valence-electron chi connectivity index (χ0n) is 13.4. The second kappa shape index (κ2) is 8.00. The monoisotopic (exact) mass is 374 g/mol. The molecule has 5 nitrogen and oxygen atoms in total. The van der Waals surface area contributed by atoms with Crippen molar-refractivity contribution in [1.29, 1.82) is 0 Å². The summed E-state index contributed by atoms with van der Waals surface area (Å²) in [6.07, 6.45) is 0. The SMILES string of the molecule is COc1ccc(-c2csc(NC(=O)COc3ccccc3Cl)n2)cc1. The van der Waals surface area contributed by atoms with E-state index < -0.39 is 0 Å². The molecule has 0 fully saturated rings. The number of anilines is 1. The van der Waals surface area contributed by atoms with Gasteiger partial charge in [-0.1, -0.05) is 23.7 Å². The molecule has 0 atom stereocenters. The number of rotatable bonds is 6. The van der Waals surface area contributed by atoms with Crippen LogP contribution in [0.5, 0.6) is 11.5 Å². The molecule has 0 unspecified atom stereocenters. The number of aromatic nitrogens is 1. The molecule has 1 N–H and O–H groups in total. The zero-order chi connectivity index (χ0) is 17.6. The number of nitrogens with zero attached hydrogens (tertiary/aromatic N) is 1. The zero-order valence-corrected chi connectivity index (χ0v) is 14.9. The minimum atomic E-state index is -0.296. The van der Waals surface area contributed by atoms with Crippen LogP contribution in [-0.4, -0.2) is 24.6 Å². The van der Waals surface area contributed by atoms with Crippen LogP contribution in [0.2, 0.25) is 5.02 Å². The van der Waals surface area contributed by atoms with E-state index in [-0.39, 0.29) is 12.5 Å². The maximum atomic E-state index is 12.0. The fourth-order valence-electron chi connectivity index (χ4n) is 2.09. The molecule has 0 spiro atoms. The van der Waals surface area contributed by atoms with E-state index in [1.165, 1.54) is 11.3 Å². The minimum Gasteiger partial charge on any atom is -0.497 e. The number of amides is 1. The molecule has 1 heterocycles. The lowest BCUT2D eigenvalue weighted by Crippen LogP contribution is -2.20. The Morgan fingerprint density at radius 3 is 2.68 bits per heavy atom. The standard InChI is InChI=1S/C18H15ClN2O3S/c1-23-13-8-6-12(7-9-13)15-11-25-18(20-15)21-17(22)10-24-16-5-3-2-4-14(16)19/h2-9,11H,10H2,1H3,(H,20,21,22). The summed E-state index contributed by atoms with van der Waals surface area (Å²) in [5.41, 5.74) is 1.74. The number of para-hydroxylation sites is 1. The Kier molecular flexibility index (Phi) is 5.53. The highest BCUT2D eigenvalue weighted by Gasteiger charge is 2.10. The average Bonchev–Trinajstić information content (AvgIpc) is 3.09. The van der Waals surface area contributed by atoms with Crippen molar-refractivity contribution in [2.75, 3.05) is 19.0 Å². The summed E-state index contributed by atoms with van der Waals surface area (Å²) >= 11 is 7.34. The van der Waals surface area contributed by atoms with E-state index in [1.54, 1.807) is 31.4 Å². The van der Waals surface area contributed by atoms with Crippen LogP contribution in [0, 0.1) is 0 Å². The van der Waals surface area contributed by atoms with Crippen LogP contribution in [-0.2, 0) is 4.79 Å². The molecule has 2 aromatic carbocycles. The van der Waals surface area contributed by atoms with Gasteiger partial charge in [0.25, 0.3) is 5.91 Å². The molecule has 0 saturated carbocycles. The number of benzene rings is 2. The Hall–Kier alpha value is -2.57. The highest BCUT2D eigenvalue weighted by Crippen LogP contribution is 2.27. The van der Waals surface area contributed by atoms with Gasteiger partial charge in [0.05, 0.1) is 17.8 Å². The van der Waals surface area contributed by atoms with E-state index in [1.807, 2.05) is 29.6 Å². The molecule has 0 saturated heterocycles. The number of carbonyl (C=O) groups is 1. The summed E-state index contributed by atoms with van der Waals surface area (Å²) in [5, 5.41) is 5.58. The fraction of sp³-hybridized carbons (Fsp3) is 0.111. The van der Waals surface area contributed by atoms with E-state index >= 15 is 0 Å². The van der Waals surface area contributed by atoms with Crippen molar-refractivity contribution in [2.45, 2.75) is 0 Å². The van der Waals surface area contributed by atoms with Gasteiger partial charge < -0.3 is 9.47 Å². The third-order valence-corrected chi connectivity index (χ3v) is 4.40. The van der Waals surface area contributed by atoms with Crippen LogP contribution in [0.25, 0.3) is 11.3 Å². The van der Waals surface area contributed by atoms with Crippen LogP contribution < -0.4 is 14.8 Å². The van der Waals surface area contributed by atoms with Crippen LogP contribution in [0.1, 0.15) is 0 Å². The predicted octanol–water partition coefficient (Wildman–Crippen LogP) is 4.49. The number of thiazole rings is 1. The summed E-state index contributed by atoms with van der Waals surface area (Å²) in [4.78, 5) is 16.4. The molecule has 1 amide bonds. The quantitative estimate of drug-likeness (QED) is 0.690. The Morgan fingerprint density at radius 2 is 1.96 bits per heavy atom. The summed E-state index contributed by atoms with van der Waals surface area (Å²) in [7, 11) is 1.62. The number of hydrogen-bond donors (Lipinski definition) is 1. The maximum absolute atomic E-state index is 12.0. The van der Waals surface area contributed by atoms with Gasteiger partial charge in [0, 0.05) is 10.9 Å². The first kappa shape index (κ1) is 17.3. The van der Waals surface area contributed by atoms with Crippen molar-refractivity contribution < 1.29 is 14.3 Å². The first-order valence-electron chi connectivity index (χ1n) is 7.43. The number of halogens is 1. The molecule has 1 aromatic heterocycles. The summed E-state index contributed by atoms with van der Waals surface area (Å²) in [6, 6.07) is 14.6. The largest absolute Gasteiger partial charge is 0.497 e. The Balaban J connectivity index is 1.59. The Morgan fingerprint density at radius 1 is 1.20 bits per heavy atom. The molecule has 3 rings (SSSR count). The van der Waals surface area contributed by atoms with Crippen LogP contribution in [0.3, 0.4) is 0 Å². The molecule has 128 valence electrons. The van der Waals surface area contributed by atoms with Crippen LogP contribution >= 0.6 is 22.9 Å². The Bertz CT molecular complexity index is 865. The molecular weight excluding hydrogens is 360 g/mol. The lowest BCUT2D eigenvalue weighted by molar-refractivity contribution is -0.118. The molecular formula is C18H15ClN2O3S. The van der Waals surface area contributed by atoms with Gasteiger partial charge in [-0.15, -0.1) is 11.3 Å². The van der Waals surface area contributed by atoms with Gasteiger partial charge in [0.15, 0.2) is 11.7 Å². The van der Waals surface area contributed by atoms with E-state index in [4.69, 9.17) is 21.1 Å². The minimum absolute atomic E-state index is 0.138. The first-order chi connectivity index (χ1) is 12.2. The second-order valence-corrected chi connectivity index (χ2v) is 6.30. The van der Waals surface area contributed by atoms with Gasteiger partial charge in [0.2, 0.25) is 0 Å².